The van der Waals surface area contributed by atoms with Crippen LogP contribution in [0.1, 0.15) is 29.8 Å². The summed E-state index contributed by atoms with van der Waals surface area (Å²) in [5, 5.41) is 10.9. The second kappa shape index (κ2) is 9.15. The Morgan fingerprint density at radius 3 is 2.27 bits per heavy atom. The quantitative estimate of drug-likeness (QED) is 0.740. The minimum Gasteiger partial charge on any atom is -0.494 e. The molecule has 2 N–H and O–H groups in total. The summed E-state index contributed by atoms with van der Waals surface area (Å²) < 4.78 is 17.8. The van der Waals surface area contributed by atoms with Crippen molar-refractivity contribution in [3.05, 3.63) is 59.7 Å². The van der Waals surface area contributed by atoms with E-state index < -0.39 is 22.0 Å². The third-order valence-corrected chi connectivity index (χ3v) is 5.33. The Bertz CT molecular complexity index is 787. The molecule has 6 nitrogen and oxygen atoms in total. The largest absolute Gasteiger partial charge is 0.494 e. The zero-order valence-electron chi connectivity index (χ0n) is 14.6. The molecule has 0 heterocycles. The van der Waals surface area contributed by atoms with Gasteiger partial charge in [0.1, 0.15) is 11.0 Å². The minimum atomic E-state index is -1.43. The van der Waals surface area contributed by atoms with Gasteiger partial charge >= 0.3 is 5.97 Å². The van der Waals surface area contributed by atoms with Crippen LogP contribution in [0, 0.1) is 0 Å². The molecule has 0 bridgehead atoms. The number of carbonyl (C=O) groups excluding carboxylic acids is 1. The Morgan fingerprint density at radius 2 is 1.73 bits per heavy atom. The highest BCUT2D eigenvalue weighted by molar-refractivity contribution is 7.85. The van der Waals surface area contributed by atoms with Gasteiger partial charge in [0.2, 0.25) is 5.91 Å². The van der Waals surface area contributed by atoms with Crippen molar-refractivity contribution in [1.82, 2.24) is 0 Å². The van der Waals surface area contributed by atoms with Crippen molar-refractivity contribution in [3.63, 3.8) is 0 Å². The number of benzene rings is 2. The maximum Gasteiger partial charge on any atom is 0.335 e. The van der Waals surface area contributed by atoms with Crippen molar-refractivity contribution in [3.8, 4) is 5.75 Å². The number of carboxylic acids is 1. The average molecular weight is 375 g/mol. The van der Waals surface area contributed by atoms with E-state index >= 15 is 0 Å². The van der Waals surface area contributed by atoms with Gasteiger partial charge in [-0.15, -0.1) is 0 Å². The highest BCUT2D eigenvalue weighted by Gasteiger charge is 2.20. The maximum absolute atomic E-state index is 12.4. The zero-order chi connectivity index (χ0) is 19.1. The summed E-state index contributed by atoms with van der Waals surface area (Å²) >= 11 is 0. The monoisotopic (exact) mass is 375 g/mol. The molecule has 138 valence electrons. The van der Waals surface area contributed by atoms with E-state index in [0.29, 0.717) is 23.6 Å². The van der Waals surface area contributed by atoms with E-state index in [1.54, 1.807) is 43.3 Å². The molecular weight excluding hydrogens is 354 g/mol. The van der Waals surface area contributed by atoms with Crippen LogP contribution in [-0.4, -0.2) is 33.0 Å². The van der Waals surface area contributed by atoms with E-state index in [1.807, 2.05) is 6.92 Å². The number of anilines is 1. The highest BCUT2D eigenvalue weighted by Crippen LogP contribution is 2.17. The summed E-state index contributed by atoms with van der Waals surface area (Å²) in [6, 6.07) is 13.1. The predicted octanol–water partition coefficient (Wildman–Crippen LogP) is 3.06. The Morgan fingerprint density at radius 1 is 1.12 bits per heavy atom. The van der Waals surface area contributed by atoms with Gasteiger partial charge in [0.15, 0.2) is 0 Å². The normalized spacial score (nSPS) is 12.8. The van der Waals surface area contributed by atoms with E-state index in [0.717, 1.165) is 0 Å². The number of carbonyl (C=O) groups is 2. The van der Waals surface area contributed by atoms with Gasteiger partial charge in [0, 0.05) is 22.2 Å². The molecule has 0 aliphatic carbocycles. The molecule has 0 spiro atoms. The Labute approximate surface area is 154 Å². The molecule has 7 heteroatoms. The molecule has 1 amide bonds. The summed E-state index contributed by atoms with van der Waals surface area (Å²) in [7, 11) is -1.43. The molecule has 0 radical (unpaired) electrons. The second-order valence-corrected chi connectivity index (χ2v) is 7.37. The smallest absolute Gasteiger partial charge is 0.335 e. The standard InChI is InChI=1S/C19H21NO5S/c1-3-25-17-10-8-16(9-11-17)20-18(21)13(2)26(24)12-14-4-6-15(7-5-14)19(22)23/h4-11,13H,3,12H2,1-2H3,(H,20,21)(H,22,23). The maximum atomic E-state index is 12.4. The summed E-state index contributed by atoms with van der Waals surface area (Å²) in [6.45, 7) is 4.06. The molecule has 2 aromatic carbocycles. The first-order chi connectivity index (χ1) is 12.4. The number of amides is 1. The van der Waals surface area contributed by atoms with Crippen LogP contribution in [0.15, 0.2) is 48.5 Å². The second-order valence-electron chi connectivity index (χ2n) is 5.62. The van der Waals surface area contributed by atoms with Crippen LogP contribution in [0.3, 0.4) is 0 Å². The molecule has 0 fully saturated rings. The number of ether oxygens (including phenoxy) is 1. The third kappa shape index (κ3) is 5.42. The van der Waals surface area contributed by atoms with Crippen LogP contribution >= 0.6 is 0 Å². The summed E-state index contributed by atoms with van der Waals surface area (Å²) in [4.78, 5) is 23.1. The third-order valence-electron chi connectivity index (χ3n) is 3.71. The fourth-order valence-corrected chi connectivity index (χ4v) is 3.27. The van der Waals surface area contributed by atoms with Crippen molar-refractivity contribution < 1.29 is 23.6 Å². The lowest BCUT2D eigenvalue weighted by molar-refractivity contribution is -0.115. The van der Waals surface area contributed by atoms with Crippen molar-refractivity contribution in [1.29, 1.82) is 0 Å². The first-order valence-corrected chi connectivity index (χ1v) is 9.52. The van der Waals surface area contributed by atoms with Gasteiger partial charge in [-0.2, -0.15) is 0 Å². The Kier molecular flexibility index (Phi) is 6.91. The summed E-state index contributed by atoms with van der Waals surface area (Å²) in [5.41, 5.74) is 1.49. The van der Waals surface area contributed by atoms with Crippen molar-refractivity contribution in [2.24, 2.45) is 0 Å². The average Bonchev–Trinajstić information content (AvgIpc) is 2.63. The summed E-state index contributed by atoms with van der Waals surface area (Å²) in [6.07, 6.45) is 0. The lowest BCUT2D eigenvalue weighted by Crippen LogP contribution is -2.29. The summed E-state index contributed by atoms with van der Waals surface area (Å²) in [5.74, 6) is -0.458. The highest BCUT2D eigenvalue weighted by atomic mass is 32.2. The molecule has 0 saturated heterocycles. The zero-order valence-corrected chi connectivity index (χ0v) is 15.4. The molecule has 26 heavy (non-hydrogen) atoms. The first-order valence-electron chi connectivity index (χ1n) is 8.14. The SMILES string of the molecule is CCOc1ccc(NC(=O)C(C)S(=O)Cc2ccc(C(=O)O)cc2)cc1. The number of rotatable bonds is 8. The van der Waals surface area contributed by atoms with Gasteiger partial charge in [-0.25, -0.2) is 4.79 Å². The number of nitrogens with one attached hydrogen (secondary N) is 1. The van der Waals surface area contributed by atoms with Crippen LogP contribution in [0.2, 0.25) is 0 Å². The molecular formula is C19H21NO5S. The van der Waals surface area contributed by atoms with E-state index in [1.165, 1.54) is 12.1 Å². The topological polar surface area (TPSA) is 92.7 Å². The van der Waals surface area contributed by atoms with Gasteiger partial charge in [-0.1, -0.05) is 12.1 Å². The van der Waals surface area contributed by atoms with Gasteiger partial charge < -0.3 is 15.2 Å². The number of hydrogen-bond acceptors (Lipinski definition) is 4. The van der Waals surface area contributed by atoms with Crippen molar-refractivity contribution >= 4 is 28.4 Å². The van der Waals surface area contributed by atoms with E-state index in [2.05, 4.69) is 5.32 Å². The van der Waals surface area contributed by atoms with E-state index in [-0.39, 0.29) is 17.2 Å². The molecule has 2 unspecified atom stereocenters. The number of aromatic carboxylic acids is 1. The first kappa shape index (κ1) is 19.7. The predicted molar refractivity (Wildman–Crippen MR) is 101 cm³/mol. The lowest BCUT2D eigenvalue weighted by Gasteiger charge is -2.13. The van der Waals surface area contributed by atoms with Gasteiger partial charge in [0.05, 0.1) is 12.2 Å². The van der Waals surface area contributed by atoms with Crippen LogP contribution < -0.4 is 10.1 Å². The molecule has 2 rings (SSSR count). The molecule has 0 aliphatic rings. The van der Waals surface area contributed by atoms with Crippen LogP contribution in [0.25, 0.3) is 0 Å². The Balaban J connectivity index is 1.93. The molecule has 2 aromatic rings. The van der Waals surface area contributed by atoms with Crippen LogP contribution in [0.5, 0.6) is 5.75 Å². The van der Waals surface area contributed by atoms with Gasteiger partial charge in [-0.3, -0.25) is 9.00 Å². The molecule has 0 aromatic heterocycles. The van der Waals surface area contributed by atoms with Gasteiger partial charge in [-0.05, 0) is 55.8 Å². The number of hydrogen-bond donors (Lipinski definition) is 2. The van der Waals surface area contributed by atoms with Crippen LogP contribution in [0.4, 0.5) is 5.69 Å². The minimum absolute atomic E-state index is 0.167. The fourth-order valence-electron chi connectivity index (χ4n) is 2.20. The van der Waals surface area contributed by atoms with E-state index in [9.17, 15) is 13.8 Å². The number of carboxylic acid groups (broad SMARTS) is 1. The van der Waals surface area contributed by atoms with Gasteiger partial charge in [0.25, 0.3) is 0 Å². The Hall–Kier alpha value is -2.67. The fraction of sp³-hybridized carbons (Fsp3) is 0.263. The lowest BCUT2D eigenvalue weighted by atomic mass is 10.1. The van der Waals surface area contributed by atoms with Crippen LogP contribution in [-0.2, 0) is 21.3 Å². The van der Waals surface area contributed by atoms with E-state index in [4.69, 9.17) is 9.84 Å². The molecule has 0 saturated carbocycles. The van der Waals surface area contributed by atoms with Crippen molar-refractivity contribution in [2.45, 2.75) is 24.9 Å². The molecule has 0 aliphatic heterocycles. The molecule has 2 atom stereocenters. The van der Waals surface area contributed by atoms with Crippen molar-refractivity contribution in [2.75, 3.05) is 11.9 Å².